The number of rotatable bonds is 4. The van der Waals surface area contributed by atoms with Crippen LogP contribution in [0.1, 0.15) is 25.3 Å². The van der Waals surface area contributed by atoms with Gasteiger partial charge in [0.05, 0.1) is 20.3 Å². The lowest BCUT2D eigenvalue weighted by Crippen LogP contribution is -2.11. The van der Waals surface area contributed by atoms with Crippen LogP contribution < -0.4 is 9.47 Å². The number of hydrogen-bond donors (Lipinski definition) is 1. The van der Waals surface area contributed by atoms with E-state index in [0.29, 0.717) is 0 Å². The molecule has 0 amide bonds. The Bertz CT molecular complexity index is 298. The molecule has 1 rings (SSSR count). The highest BCUT2D eigenvalue weighted by Gasteiger charge is 2.13. The van der Waals surface area contributed by atoms with Crippen molar-refractivity contribution in [3.8, 4) is 11.5 Å². The van der Waals surface area contributed by atoms with E-state index in [-0.39, 0.29) is 12.0 Å². The molecule has 0 heterocycles. The Labute approximate surface area is 90.6 Å². The summed E-state index contributed by atoms with van der Waals surface area (Å²) >= 11 is 0. The molecule has 3 nitrogen and oxygen atoms in total. The van der Waals surface area contributed by atoms with Crippen molar-refractivity contribution < 1.29 is 14.6 Å². The van der Waals surface area contributed by atoms with Crippen molar-refractivity contribution in [1.82, 2.24) is 0 Å². The summed E-state index contributed by atoms with van der Waals surface area (Å²) in [6, 6.07) is 5.65. The van der Waals surface area contributed by atoms with Gasteiger partial charge in [-0.1, -0.05) is 6.92 Å². The first-order valence-electron chi connectivity index (χ1n) is 4.99. The maximum absolute atomic E-state index is 9.52. The Kier molecular flexibility index (Phi) is 3.97. The van der Waals surface area contributed by atoms with E-state index in [4.69, 9.17) is 9.47 Å². The number of ether oxygens (including phenoxy) is 2. The molecule has 0 saturated carbocycles. The molecule has 2 atom stereocenters. The summed E-state index contributed by atoms with van der Waals surface area (Å²) in [5.41, 5.74) is 1.02. The van der Waals surface area contributed by atoms with Crippen LogP contribution >= 0.6 is 0 Å². The van der Waals surface area contributed by atoms with Crippen molar-refractivity contribution in [3.05, 3.63) is 23.8 Å². The van der Waals surface area contributed by atoms with Crippen LogP contribution in [0.15, 0.2) is 18.2 Å². The Morgan fingerprint density at radius 2 is 1.47 bits per heavy atom. The lowest BCUT2D eigenvalue weighted by atomic mass is 9.96. The van der Waals surface area contributed by atoms with Gasteiger partial charge in [-0.3, -0.25) is 0 Å². The zero-order chi connectivity index (χ0) is 11.4. The number of methoxy groups -OCH3 is 2. The highest BCUT2D eigenvalue weighted by molar-refractivity contribution is 5.40. The molecule has 0 bridgehead atoms. The monoisotopic (exact) mass is 210 g/mol. The molecule has 15 heavy (non-hydrogen) atoms. The van der Waals surface area contributed by atoms with Gasteiger partial charge in [0, 0.05) is 12.0 Å². The zero-order valence-corrected chi connectivity index (χ0v) is 9.65. The van der Waals surface area contributed by atoms with E-state index in [1.807, 2.05) is 25.1 Å². The highest BCUT2D eigenvalue weighted by atomic mass is 16.5. The van der Waals surface area contributed by atoms with Gasteiger partial charge in [-0.05, 0) is 24.6 Å². The molecule has 1 aromatic rings. The summed E-state index contributed by atoms with van der Waals surface area (Å²) in [5, 5.41) is 9.52. The largest absolute Gasteiger partial charge is 0.497 e. The van der Waals surface area contributed by atoms with E-state index < -0.39 is 0 Å². The molecule has 0 radical (unpaired) electrons. The lowest BCUT2D eigenvalue weighted by molar-refractivity contribution is 0.169. The molecule has 2 unspecified atom stereocenters. The number of benzene rings is 1. The number of aliphatic hydroxyl groups is 1. The fourth-order valence-corrected chi connectivity index (χ4v) is 1.37. The topological polar surface area (TPSA) is 38.7 Å². The van der Waals surface area contributed by atoms with Gasteiger partial charge in [-0.2, -0.15) is 0 Å². The molecular formula is C12H18O3. The molecule has 0 aliphatic rings. The van der Waals surface area contributed by atoms with Gasteiger partial charge in [-0.15, -0.1) is 0 Å². The molecular weight excluding hydrogens is 192 g/mol. The minimum absolute atomic E-state index is 0.0639. The fourth-order valence-electron chi connectivity index (χ4n) is 1.37. The maximum atomic E-state index is 9.52. The SMILES string of the molecule is COc1cc(OC)cc(C(C)C(C)O)c1. The van der Waals surface area contributed by atoms with Crippen molar-refractivity contribution in [2.24, 2.45) is 0 Å². The van der Waals surface area contributed by atoms with Crippen LogP contribution in [0.4, 0.5) is 0 Å². The van der Waals surface area contributed by atoms with E-state index in [1.54, 1.807) is 21.1 Å². The van der Waals surface area contributed by atoms with Crippen LogP contribution in [-0.4, -0.2) is 25.4 Å². The van der Waals surface area contributed by atoms with Crippen molar-refractivity contribution >= 4 is 0 Å². The Hall–Kier alpha value is -1.22. The van der Waals surface area contributed by atoms with Crippen molar-refractivity contribution in [2.45, 2.75) is 25.9 Å². The Balaban J connectivity index is 3.06. The maximum Gasteiger partial charge on any atom is 0.122 e. The summed E-state index contributed by atoms with van der Waals surface area (Å²) in [5.74, 6) is 1.56. The minimum Gasteiger partial charge on any atom is -0.497 e. The summed E-state index contributed by atoms with van der Waals surface area (Å²) < 4.78 is 10.3. The van der Waals surface area contributed by atoms with Crippen molar-refractivity contribution in [3.63, 3.8) is 0 Å². The predicted molar refractivity (Wildman–Crippen MR) is 59.6 cm³/mol. The van der Waals surface area contributed by atoms with Gasteiger partial charge >= 0.3 is 0 Å². The molecule has 0 saturated heterocycles. The molecule has 84 valence electrons. The van der Waals surface area contributed by atoms with Gasteiger partial charge in [-0.25, -0.2) is 0 Å². The Morgan fingerprint density at radius 3 is 1.80 bits per heavy atom. The third-order valence-corrected chi connectivity index (χ3v) is 2.62. The third-order valence-electron chi connectivity index (χ3n) is 2.62. The third kappa shape index (κ3) is 2.86. The predicted octanol–water partition coefficient (Wildman–Crippen LogP) is 2.19. The number of hydrogen-bond acceptors (Lipinski definition) is 3. The van der Waals surface area contributed by atoms with Gasteiger partial charge in [0.25, 0.3) is 0 Å². The molecule has 0 aliphatic carbocycles. The minimum atomic E-state index is -0.387. The van der Waals surface area contributed by atoms with E-state index in [1.165, 1.54) is 0 Å². The Morgan fingerprint density at radius 1 is 1.00 bits per heavy atom. The molecule has 1 aromatic carbocycles. The average Bonchev–Trinajstić information content (AvgIpc) is 2.27. The van der Waals surface area contributed by atoms with Crippen LogP contribution in [-0.2, 0) is 0 Å². The van der Waals surface area contributed by atoms with Gasteiger partial charge in [0.15, 0.2) is 0 Å². The van der Waals surface area contributed by atoms with Crippen LogP contribution in [0.25, 0.3) is 0 Å². The second kappa shape index (κ2) is 5.03. The van der Waals surface area contributed by atoms with Gasteiger partial charge < -0.3 is 14.6 Å². The van der Waals surface area contributed by atoms with Crippen LogP contribution in [0.2, 0.25) is 0 Å². The van der Waals surface area contributed by atoms with Crippen LogP contribution in [0, 0.1) is 0 Å². The first kappa shape index (κ1) is 11.9. The first-order chi connectivity index (χ1) is 7.08. The summed E-state index contributed by atoms with van der Waals surface area (Å²) in [6.07, 6.45) is -0.387. The quantitative estimate of drug-likeness (QED) is 0.828. The fraction of sp³-hybridized carbons (Fsp3) is 0.500. The standard InChI is InChI=1S/C12H18O3/c1-8(9(2)13)10-5-11(14-3)7-12(6-10)15-4/h5-9,13H,1-4H3. The van der Waals surface area contributed by atoms with Crippen molar-refractivity contribution in [1.29, 1.82) is 0 Å². The van der Waals surface area contributed by atoms with Crippen LogP contribution in [0.5, 0.6) is 11.5 Å². The van der Waals surface area contributed by atoms with Gasteiger partial charge in [0.2, 0.25) is 0 Å². The average molecular weight is 210 g/mol. The molecule has 3 heteroatoms. The molecule has 1 N–H and O–H groups in total. The smallest absolute Gasteiger partial charge is 0.122 e. The summed E-state index contributed by atoms with van der Waals surface area (Å²) in [6.45, 7) is 3.75. The first-order valence-corrected chi connectivity index (χ1v) is 4.99. The highest BCUT2D eigenvalue weighted by Crippen LogP contribution is 2.28. The van der Waals surface area contributed by atoms with E-state index in [9.17, 15) is 5.11 Å². The summed E-state index contributed by atoms with van der Waals surface area (Å²) in [7, 11) is 3.23. The normalized spacial score (nSPS) is 14.5. The second-order valence-corrected chi connectivity index (χ2v) is 3.68. The van der Waals surface area contributed by atoms with E-state index in [2.05, 4.69) is 0 Å². The molecule has 0 aliphatic heterocycles. The van der Waals surface area contributed by atoms with E-state index >= 15 is 0 Å². The van der Waals surface area contributed by atoms with Crippen molar-refractivity contribution in [2.75, 3.05) is 14.2 Å². The molecule has 0 aromatic heterocycles. The van der Waals surface area contributed by atoms with E-state index in [0.717, 1.165) is 17.1 Å². The van der Waals surface area contributed by atoms with Gasteiger partial charge in [0.1, 0.15) is 11.5 Å². The number of aliphatic hydroxyl groups excluding tert-OH is 1. The zero-order valence-electron chi connectivity index (χ0n) is 9.65. The molecule has 0 spiro atoms. The van der Waals surface area contributed by atoms with Crippen LogP contribution in [0.3, 0.4) is 0 Å². The lowest BCUT2D eigenvalue weighted by Gasteiger charge is -2.17. The molecule has 0 fully saturated rings. The summed E-state index contributed by atoms with van der Waals surface area (Å²) in [4.78, 5) is 0. The second-order valence-electron chi connectivity index (χ2n) is 3.68.